The van der Waals surface area contributed by atoms with Crippen LogP contribution in [0.1, 0.15) is 40.7 Å². The molecule has 0 aliphatic heterocycles. The molecular weight excluding hydrogens is 394 g/mol. The van der Waals surface area contributed by atoms with Gasteiger partial charge in [0.1, 0.15) is 0 Å². The van der Waals surface area contributed by atoms with Gasteiger partial charge >= 0.3 is 0 Å². The molecule has 4 nitrogen and oxygen atoms in total. The Hall–Kier alpha value is -3.37. The van der Waals surface area contributed by atoms with Crippen LogP contribution in [-0.2, 0) is 4.79 Å². The number of anilines is 1. The fraction of sp³-hybridized carbons (Fsp3) is 0.250. The number of carbonyl (C=O) groups excluding carboxylic acids is 1. The Balaban J connectivity index is 1.53. The monoisotopic (exact) mass is 425 g/mol. The number of aromatic amines is 1. The Bertz CT molecular complexity index is 1200. The number of para-hydroxylation sites is 1. The standard InChI is InChI=1S/C28H31N3O/c1-18-14-19(2)27(20(3)15-18)31-28(32)21(4)29-16-24(22-10-6-5-7-11-22)25-17-30-26-13-9-8-12-23(25)26/h5-15,17,21,24,29-30H,16H2,1-4H3,(H,31,32)/t21-,24-/m0/s1. The average molecular weight is 426 g/mol. The van der Waals surface area contributed by atoms with Crippen molar-refractivity contribution in [3.63, 3.8) is 0 Å². The lowest BCUT2D eigenvalue weighted by molar-refractivity contribution is -0.117. The molecule has 164 valence electrons. The van der Waals surface area contributed by atoms with Gasteiger partial charge in [0.25, 0.3) is 0 Å². The van der Waals surface area contributed by atoms with E-state index in [4.69, 9.17) is 0 Å². The van der Waals surface area contributed by atoms with Crippen molar-refractivity contribution in [3.8, 4) is 0 Å². The lowest BCUT2D eigenvalue weighted by atomic mass is 9.90. The van der Waals surface area contributed by atoms with E-state index < -0.39 is 0 Å². The molecule has 0 unspecified atom stereocenters. The Morgan fingerprint density at radius 3 is 2.31 bits per heavy atom. The first kappa shape index (κ1) is 21.8. The molecule has 0 fully saturated rings. The Kier molecular flexibility index (Phi) is 6.42. The molecule has 1 heterocycles. The highest BCUT2D eigenvalue weighted by molar-refractivity contribution is 5.96. The topological polar surface area (TPSA) is 56.9 Å². The zero-order valence-corrected chi connectivity index (χ0v) is 19.2. The number of hydrogen-bond acceptors (Lipinski definition) is 2. The Labute approximate surface area is 190 Å². The van der Waals surface area contributed by atoms with E-state index in [9.17, 15) is 4.79 Å². The summed E-state index contributed by atoms with van der Waals surface area (Å²) in [5.74, 6) is 0.108. The first-order chi connectivity index (χ1) is 15.4. The lowest BCUT2D eigenvalue weighted by Crippen LogP contribution is -2.40. The second kappa shape index (κ2) is 9.41. The molecule has 2 atom stereocenters. The quantitative estimate of drug-likeness (QED) is 0.348. The van der Waals surface area contributed by atoms with Crippen molar-refractivity contribution >= 4 is 22.5 Å². The molecule has 4 rings (SSSR count). The summed E-state index contributed by atoms with van der Waals surface area (Å²) in [6.45, 7) is 8.73. The number of aromatic nitrogens is 1. The number of benzene rings is 3. The number of amides is 1. The summed E-state index contributed by atoms with van der Waals surface area (Å²) in [5.41, 5.74) is 7.87. The van der Waals surface area contributed by atoms with E-state index in [1.807, 2.05) is 32.9 Å². The van der Waals surface area contributed by atoms with Crippen LogP contribution in [0.5, 0.6) is 0 Å². The molecule has 4 aromatic rings. The van der Waals surface area contributed by atoms with Crippen molar-refractivity contribution in [2.24, 2.45) is 0 Å². The van der Waals surface area contributed by atoms with Crippen molar-refractivity contribution in [1.29, 1.82) is 0 Å². The lowest BCUT2D eigenvalue weighted by Gasteiger charge is -2.22. The van der Waals surface area contributed by atoms with E-state index in [0.29, 0.717) is 6.54 Å². The number of rotatable bonds is 7. The normalized spacial score (nSPS) is 13.1. The van der Waals surface area contributed by atoms with E-state index >= 15 is 0 Å². The van der Waals surface area contributed by atoms with Crippen LogP contribution in [0.2, 0.25) is 0 Å². The molecule has 0 spiro atoms. The predicted octanol–water partition coefficient (Wildman–Crippen LogP) is 5.84. The zero-order valence-electron chi connectivity index (χ0n) is 19.2. The van der Waals surface area contributed by atoms with Gasteiger partial charge in [0.15, 0.2) is 0 Å². The maximum absolute atomic E-state index is 13.0. The van der Waals surface area contributed by atoms with Gasteiger partial charge in [-0.1, -0.05) is 66.2 Å². The van der Waals surface area contributed by atoms with Crippen molar-refractivity contribution in [2.75, 3.05) is 11.9 Å². The van der Waals surface area contributed by atoms with Gasteiger partial charge in [0, 0.05) is 35.2 Å². The summed E-state index contributed by atoms with van der Waals surface area (Å²) in [4.78, 5) is 16.4. The second-order valence-corrected chi connectivity index (χ2v) is 8.65. The molecule has 0 aliphatic carbocycles. The summed E-state index contributed by atoms with van der Waals surface area (Å²) in [5, 5.41) is 7.82. The number of nitrogens with one attached hydrogen (secondary N) is 3. The predicted molar refractivity (Wildman–Crippen MR) is 133 cm³/mol. The molecule has 1 amide bonds. The van der Waals surface area contributed by atoms with Crippen LogP contribution in [0.3, 0.4) is 0 Å². The van der Waals surface area contributed by atoms with Gasteiger partial charge in [-0.3, -0.25) is 4.79 Å². The van der Waals surface area contributed by atoms with Gasteiger partial charge in [0.2, 0.25) is 5.91 Å². The molecular formula is C28H31N3O. The summed E-state index contributed by atoms with van der Waals surface area (Å²) in [6.07, 6.45) is 2.09. The Morgan fingerprint density at radius 2 is 1.59 bits per heavy atom. The minimum absolute atomic E-state index is 0.0224. The SMILES string of the molecule is Cc1cc(C)c(NC(=O)[C@H](C)NC[C@@H](c2ccccc2)c2c[nH]c3ccccc23)c(C)c1. The number of H-pyrrole nitrogens is 1. The van der Waals surface area contributed by atoms with E-state index in [-0.39, 0.29) is 17.9 Å². The van der Waals surface area contributed by atoms with E-state index in [1.54, 1.807) is 0 Å². The molecule has 4 heteroatoms. The van der Waals surface area contributed by atoms with Gasteiger partial charge in [0.05, 0.1) is 6.04 Å². The zero-order chi connectivity index (χ0) is 22.7. The number of fused-ring (bicyclic) bond motifs is 1. The van der Waals surface area contributed by atoms with Crippen molar-refractivity contribution in [3.05, 3.63) is 101 Å². The minimum atomic E-state index is -0.327. The van der Waals surface area contributed by atoms with Crippen LogP contribution in [0.15, 0.2) is 72.9 Å². The van der Waals surface area contributed by atoms with Crippen LogP contribution in [0.25, 0.3) is 10.9 Å². The maximum Gasteiger partial charge on any atom is 0.241 e. The first-order valence-electron chi connectivity index (χ1n) is 11.2. The van der Waals surface area contributed by atoms with E-state index in [2.05, 4.69) is 83.3 Å². The van der Waals surface area contributed by atoms with E-state index in [1.165, 1.54) is 22.1 Å². The van der Waals surface area contributed by atoms with Crippen molar-refractivity contribution in [1.82, 2.24) is 10.3 Å². The average Bonchev–Trinajstić information content (AvgIpc) is 3.21. The smallest absolute Gasteiger partial charge is 0.241 e. The number of hydrogen-bond donors (Lipinski definition) is 3. The number of aryl methyl sites for hydroxylation is 3. The highest BCUT2D eigenvalue weighted by atomic mass is 16.2. The van der Waals surface area contributed by atoms with Gasteiger partial charge in [-0.2, -0.15) is 0 Å². The molecule has 0 saturated carbocycles. The molecule has 0 aliphatic rings. The Morgan fingerprint density at radius 1 is 0.938 bits per heavy atom. The fourth-order valence-electron chi connectivity index (χ4n) is 4.47. The van der Waals surface area contributed by atoms with Crippen LogP contribution < -0.4 is 10.6 Å². The van der Waals surface area contributed by atoms with Crippen molar-refractivity contribution < 1.29 is 4.79 Å². The first-order valence-corrected chi connectivity index (χ1v) is 11.2. The third kappa shape index (κ3) is 4.61. The molecule has 0 radical (unpaired) electrons. The third-order valence-corrected chi connectivity index (χ3v) is 6.15. The highest BCUT2D eigenvalue weighted by Gasteiger charge is 2.21. The molecule has 0 bridgehead atoms. The van der Waals surface area contributed by atoms with Gasteiger partial charge in [-0.05, 0) is 56.0 Å². The van der Waals surface area contributed by atoms with Crippen LogP contribution in [0.4, 0.5) is 5.69 Å². The second-order valence-electron chi connectivity index (χ2n) is 8.65. The summed E-state index contributed by atoms with van der Waals surface area (Å²) in [6, 6.07) is 22.7. The molecule has 0 saturated heterocycles. The summed E-state index contributed by atoms with van der Waals surface area (Å²) < 4.78 is 0. The van der Waals surface area contributed by atoms with Crippen molar-refractivity contribution in [2.45, 2.75) is 39.7 Å². The van der Waals surface area contributed by atoms with Crippen LogP contribution in [-0.4, -0.2) is 23.5 Å². The summed E-state index contributed by atoms with van der Waals surface area (Å²) in [7, 11) is 0. The maximum atomic E-state index is 13.0. The van der Waals surface area contributed by atoms with Gasteiger partial charge < -0.3 is 15.6 Å². The minimum Gasteiger partial charge on any atom is -0.361 e. The van der Waals surface area contributed by atoms with E-state index in [0.717, 1.165) is 22.3 Å². The van der Waals surface area contributed by atoms with Crippen LogP contribution >= 0.6 is 0 Å². The van der Waals surface area contributed by atoms with Gasteiger partial charge in [-0.25, -0.2) is 0 Å². The number of carbonyl (C=O) groups is 1. The fourth-order valence-corrected chi connectivity index (χ4v) is 4.47. The highest BCUT2D eigenvalue weighted by Crippen LogP contribution is 2.30. The molecule has 3 N–H and O–H groups in total. The van der Waals surface area contributed by atoms with Crippen LogP contribution in [0, 0.1) is 20.8 Å². The van der Waals surface area contributed by atoms with Gasteiger partial charge in [-0.15, -0.1) is 0 Å². The largest absolute Gasteiger partial charge is 0.361 e. The molecule has 3 aromatic carbocycles. The summed E-state index contributed by atoms with van der Waals surface area (Å²) >= 11 is 0. The molecule has 1 aromatic heterocycles. The third-order valence-electron chi connectivity index (χ3n) is 6.15. The molecule has 32 heavy (non-hydrogen) atoms.